The fraction of sp³-hybridized carbons (Fsp3) is 0.364. The number of aryl methyl sites for hydroxylation is 1. The maximum absolute atomic E-state index is 11.9. The first-order chi connectivity index (χ1) is 7.74. The summed E-state index contributed by atoms with van der Waals surface area (Å²) >= 11 is 0. The van der Waals surface area contributed by atoms with Crippen LogP contribution in [0.1, 0.15) is 22.6 Å². The Morgan fingerprint density at radius 3 is 2.88 bits per heavy atom. The van der Waals surface area contributed by atoms with Gasteiger partial charge in [0.1, 0.15) is 5.82 Å². The van der Waals surface area contributed by atoms with E-state index in [-0.39, 0.29) is 5.91 Å². The van der Waals surface area contributed by atoms with Crippen molar-refractivity contribution in [3.05, 3.63) is 29.7 Å². The Balaban J connectivity index is 2.00. The van der Waals surface area contributed by atoms with Crippen molar-refractivity contribution < 1.29 is 4.79 Å². The molecule has 2 aromatic rings. The van der Waals surface area contributed by atoms with Crippen molar-refractivity contribution in [3.8, 4) is 0 Å². The predicted molar refractivity (Wildman–Crippen MR) is 58.2 cm³/mol. The third kappa shape index (κ3) is 1.36. The molecule has 3 rings (SSSR count). The van der Waals surface area contributed by atoms with Crippen LogP contribution < -0.4 is 0 Å². The van der Waals surface area contributed by atoms with Crippen LogP contribution in [0.2, 0.25) is 0 Å². The number of fused-ring (bicyclic) bond motifs is 1. The topological polar surface area (TPSA) is 50.5 Å². The van der Waals surface area contributed by atoms with Gasteiger partial charge in [-0.3, -0.25) is 4.79 Å². The summed E-state index contributed by atoms with van der Waals surface area (Å²) in [6.45, 7) is 3.57. The van der Waals surface area contributed by atoms with E-state index in [1.54, 1.807) is 10.7 Å². The van der Waals surface area contributed by atoms with Crippen LogP contribution in [-0.2, 0) is 0 Å². The Bertz CT molecular complexity index is 556. The van der Waals surface area contributed by atoms with E-state index in [1.165, 1.54) is 0 Å². The average molecular weight is 216 g/mol. The lowest BCUT2D eigenvalue weighted by atomic mass is 10.1. The van der Waals surface area contributed by atoms with E-state index in [1.807, 2.05) is 24.0 Å². The number of carbonyl (C=O) groups excluding carboxylic acids is 1. The first-order valence-electron chi connectivity index (χ1n) is 5.36. The quantitative estimate of drug-likeness (QED) is 0.711. The maximum atomic E-state index is 11.9. The Kier molecular flexibility index (Phi) is 1.92. The first-order valence-corrected chi connectivity index (χ1v) is 5.36. The largest absolute Gasteiger partial charge is 0.338 e. The molecule has 0 unspecified atom stereocenters. The smallest absolute Gasteiger partial charge is 0.255 e. The van der Waals surface area contributed by atoms with Crippen LogP contribution in [0.3, 0.4) is 0 Å². The number of amides is 1. The molecule has 16 heavy (non-hydrogen) atoms. The molecule has 3 heterocycles. The van der Waals surface area contributed by atoms with Gasteiger partial charge in [-0.1, -0.05) is 0 Å². The molecule has 0 aromatic carbocycles. The number of pyridine rings is 1. The van der Waals surface area contributed by atoms with Crippen molar-refractivity contribution in [3.63, 3.8) is 0 Å². The molecule has 82 valence electrons. The van der Waals surface area contributed by atoms with Gasteiger partial charge in [0.05, 0.1) is 5.56 Å². The molecule has 2 aromatic heterocycles. The number of rotatable bonds is 1. The second-order valence-electron chi connectivity index (χ2n) is 4.03. The molecule has 0 saturated carbocycles. The van der Waals surface area contributed by atoms with Crippen molar-refractivity contribution in [2.24, 2.45) is 0 Å². The van der Waals surface area contributed by atoms with Gasteiger partial charge in [-0.25, -0.2) is 9.50 Å². The SMILES string of the molecule is Cc1nc2ccc(C(=O)N3CCC3)cn2n1. The normalized spacial score (nSPS) is 15.2. The first kappa shape index (κ1) is 9.33. The van der Waals surface area contributed by atoms with Crippen LogP contribution in [0.15, 0.2) is 18.3 Å². The number of nitrogens with zero attached hydrogens (tertiary/aromatic N) is 4. The van der Waals surface area contributed by atoms with E-state index in [4.69, 9.17) is 0 Å². The Hall–Kier alpha value is -1.91. The Labute approximate surface area is 92.7 Å². The lowest BCUT2D eigenvalue weighted by Crippen LogP contribution is -2.42. The minimum absolute atomic E-state index is 0.0845. The van der Waals surface area contributed by atoms with Gasteiger partial charge in [-0.15, -0.1) is 0 Å². The van der Waals surface area contributed by atoms with E-state index in [2.05, 4.69) is 10.1 Å². The van der Waals surface area contributed by atoms with E-state index in [0.29, 0.717) is 11.4 Å². The molecular formula is C11H12N4O. The fourth-order valence-corrected chi connectivity index (χ4v) is 1.82. The van der Waals surface area contributed by atoms with Crippen LogP contribution in [-0.4, -0.2) is 38.5 Å². The van der Waals surface area contributed by atoms with Crippen molar-refractivity contribution >= 4 is 11.6 Å². The third-order valence-corrected chi connectivity index (χ3v) is 2.83. The highest BCUT2D eigenvalue weighted by Crippen LogP contribution is 2.13. The summed E-state index contributed by atoms with van der Waals surface area (Å²) in [5.74, 6) is 0.801. The molecule has 5 nitrogen and oxygen atoms in total. The second kappa shape index (κ2) is 3.30. The van der Waals surface area contributed by atoms with Gasteiger partial charge >= 0.3 is 0 Å². The predicted octanol–water partition coefficient (Wildman–Crippen LogP) is 0.884. The van der Waals surface area contributed by atoms with E-state index in [9.17, 15) is 4.79 Å². The van der Waals surface area contributed by atoms with Gasteiger partial charge in [0, 0.05) is 19.3 Å². The highest BCUT2D eigenvalue weighted by molar-refractivity contribution is 5.94. The summed E-state index contributed by atoms with van der Waals surface area (Å²) in [5, 5.41) is 4.19. The van der Waals surface area contributed by atoms with Gasteiger partial charge in [-0.2, -0.15) is 5.10 Å². The molecule has 1 saturated heterocycles. The Morgan fingerprint density at radius 2 is 2.19 bits per heavy atom. The number of hydrogen-bond acceptors (Lipinski definition) is 3. The summed E-state index contributed by atoms with van der Waals surface area (Å²) in [6, 6.07) is 3.64. The van der Waals surface area contributed by atoms with E-state index < -0.39 is 0 Å². The third-order valence-electron chi connectivity index (χ3n) is 2.83. The summed E-state index contributed by atoms with van der Waals surface area (Å²) in [6.07, 6.45) is 2.85. The van der Waals surface area contributed by atoms with Crippen LogP contribution in [0.5, 0.6) is 0 Å². The molecule has 0 spiro atoms. The van der Waals surface area contributed by atoms with E-state index >= 15 is 0 Å². The van der Waals surface area contributed by atoms with Gasteiger partial charge in [0.2, 0.25) is 0 Å². The number of carbonyl (C=O) groups is 1. The lowest BCUT2D eigenvalue weighted by molar-refractivity contribution is 0.0651. The average Bonchev–Trinajstić information content (AvgIpc) is 2.53. The molecule has 0 atom stereocenters. The molecular weight excluding hydrogens is 204 g/mol. The number of likely N-dealkylation sites (tertiary alicyclic amines) is 1. The molecule has 5 heteroatoms. The van der Waals surface area contributed by atoms with Crippen molar-refractivity contribution in [1.82, 2.24) is 19.5 Å². The Morgan fingerprint density at radius 1 is 1.38 bits per heavy atom. The number of aromatic nitrogens is 3. The molecule has 1 amide bonds. The molecule has 0 bridgehead atoms. The van der Waals surface area contributed by atoms with Gasteiger partial charge < -0.3 is 4.90 Å². The molecule has 1 fully saturated rings. The van der Waals surface area contributed by atoms with Crippen LogP contribution in [0.25, 0.3) is 5.65 Å². The number of hydrogen-bond donors (Lipinski definition) is 0. The minimum Gasteiger partial charge on any atom is -0.338 e. The standard InChI is InChI=1S/C11H12N4O/c1-8-12-10-4-3-9(7-15(10)13-8)11(16)14-5-2-6-14/h3-4,7H,2,5-6H2,1H3. The van der Waals surface area contributed by atoms with Gasteiger partial charge in [0.25, 0.3) is 5.91 Å². The van der Waals surface area contributed by atoms with Crippen LogP contribution in [0.4, 0.5) is 0 Å². The zero-order valence-corrected chi connectivity index (χ0v) is 9.05. The summed E-state index contributed by atoms with van der Waals surface area (Å²) in [4.78, 5) is 18.0. The maximum Gasteiger partial charge on any atom is 0.255 e. The molecule has 1 aliphatic rings. The van der Waals surface area contributed by atoms with Gasteiger partial charge in [-0.05, 0) is 25.5 Å². The van der Waals surface area contributed by atoms with Crippen molar-refractivity contribution in [2.75, 3.05) is 13.1 Å². The molecule has 0 aliphatic carbocycles. The lowest BCUT2D eigenvalue weighted by Gasteiger charge is -2.30. The monoisotopic (exact) mass is 216 g/mol. The van der Waals surface area contributed by atoms with Crippen molar-refractivity contribution in [1.29, 1.82) is 0 Å². The minimum atomic E-state index is 0.0845. The van der Waals surface area contributed by atoms with Crippen LogP contribution in [0, 0.1) is 6.92 Å². The highest BCUT2D eigenvalue weighted by Gasteiger charge is 2.21. The van der Waals surface area contributed by atoms with Crippen molar-refractivity contribution in [2.45, 2.75) is 13.3 Å². The van der Waals surface area contributed by atoms with E-state index in [0.717, 1.165) is 25.2 Å². The molecule has 0 N–H and O–H groups in total. The second-order valence-corrected chi connectivity index (χ2v) is 4.03. The summed E-state index contributed by atoms with van der Waals surface area (Å²) in [5.41, 5.74) is 1.45. The zero-order valence-electron chi connectivity index (χ0n) is 9.05. The van der Waals surface area contributed by atoms with Crippen LogP contribution >= 0.6 is 0 Å². The molecule has 0 radical (unpaired) electrons. The summed E-state index contributed by atoms with van der Waals surface area (Å²) < 4.78 is 1.66. The van der Waals surface area contributed by atoms with Gasteiger partial charge in [0.15, 0.2) is 5.65 Å². The fourth-order valence-electron chi connectivity index (χ4n) is 1.82. The zero-order chi connectivity index (χ0) is 11.1. The highest BCUT2D eigenvalue weighted by atomic mass is 16.2. The summed E-state index contributed by atoms with van der Waals surface area (Å²) in [7, 11) is 0. The molecule has 1 aliphatic heterocycles.